The Morgan fingerprint density at radius 3 is 1.79 bits per heavy atom. The number of alkyl halides is 7. The lowest BCUT2D eigenvalue weighted by atomic mass is 10.0. The number of hydrogen-bond acceptors (Lipinski definition) is 0. The third-order valence-electron chi connectivity index (χ3n) is 1.71. The molecule has 0 saturated carbocycles. The summed E-state index contributed by atoms with van der Waals surface area (Å²) in [5.41, 5.74) is 0. The lowest BCUT2D eigenvalue weighted by molar-refractivity contribution is -0.253. The Morgan fingerprint density at radius 2 is 1.50 bits per heavy atom. The molecular formula is C7H9F7. The van der Waals surface area contributed by atoms with E-state index in [0.29, 0.717) is 0 Å². The molecule has 0 rings (SSSR count). The van der Waals surface area contributed by atoms with Gasteiger partial charge >= 0.3 is 11.8 Å². The predicted molar refractivity (Wildman–Crippen MR) is 36.0 cm³/mol. The lowest BCUT2D eigenvalue weighted by Gasteiger charge is -2.28. The molecule has 0 aliphatic rings. The average molecular weight is 226 g/mol. The van der Waals surface area contributed by atoms with Crippen molar-refractivity contribution in [2.75, 3.05) is 6.67 Å². The number of hydrogen-bond donors (Lipinski definition) is 0. The second kappa shape index (κ2) is 4.35. The Labute approximate surface area is 76.1 Å². The molecule has 0 aromatic heterocycles. The Morgan fingerprint density at radius 1 is 1.07 bits per heavy atom. The van der Waals surface area contributed by atoms with Crippen LogP contribution in [0.4, 0.5) is 30.7 Å². The van der Waals surface area contributed by atoms with Gasteiger partial charge in [-0.05, 0) is 6.42 Å². The van der Waals surface area contributed by atoms with Gasteiger partial charge in [0.15, 0.2) is 6.67 Å². The van der Waals surface area contributed by atoms with E-state index >= 15 is 0 Å². The quantitative estimate of drug-likeness (QED) is 0.631. The summed E-state index contributed by atoms with van der Waals surface area (Å²) in [6.45, 7) is -1.71. The summed E-state index contributed by atoms with van der Waals surface area (Å²) in [5.74, 6) is -10.5. The molecule has 0 aliphatic heterocycles. The molecule has 0 bridgehead atoms. The smallest absolute Gasteiger partial charge is 0.244 e. The highest BCUT2D eigenvalue weighted by molar-refractivity contribution is 4.93. The maximum atomic E-state index is 12.5. The van der Waals surface area contributed by atoms with E-state index in [-0.39, 0.29) is 0 Å². The van der Waals surface area contributed by atoms with Crippen molar-refractivity contribution in [1.29, 1.82) is 0 Å². The molecule has 0 nitrogen and oxygen atoms in total. The maximum absolute atomic E-state index is 12.5. The summed E-state index contributed by atoms with van der Waals surface area (Å²) < 4.78 is 85.5. The first-order valence-corrected chi connectivity index (χ1v) is 3.80. The molecule has 0 radical (unpaired) electrons. The Hall–Kier alpha value is -0.490. The van der Waals surface area contributed by atoms with Crippen molar-refractivity contribution in [2.24, 2.45) is 0 Å². The van der Waals surface area contributed by atoms with Gasteiger partial charge in [-0.2, -0.15) is 17.6 Å². The molecule has 0 fully saturated rings. The SMILES string of the molecule is CCC(F)[C@H](F)C(F)(F)C(F)(F)CF. The van der Waals surface area contributed by atoms with Gasteiger partial charge in [0.2, 0.25) is 6.17 Å². The molecule has 0 heterocycles. The monoisotopic (exact) mass is 226 g/mol. The minimum atomic E-state index is -5.32. The summed E-state index contributed by atoms with van der Waals surface area (Å²) in [4.78, 5) is 0. The summed E-state index contributed by atoms with van der Waals surface area (Å²) in [7, 11) is 0. The van der Waals surface area contributed by atoms with Crippen molar-refractivity contribution in [3.8, 4) is 0 Å². The van der Waals surface area contributed by atoms with E-state index in [9.17, 15) is 30.7 Å². The van der Waals surface area contributed by atoms with Crippen LogP contribution in [0.3, 0.4) is 0 Å². The van der Waals surface area contributed by atoms with E-state index in [1.54, 1.807) is 0 Å². The van der Waals surface area contributed by atoms with Gasteiger partial charge < -0.3 is 0 Å². The predicted octanol–water partition coefficient (Wildman–Crippen LogP) is 3.31. The first kappa shape index (κ1) is 13.5. The fourth-order valence-corrected chi connectivity index (χ4v) is 0.725. The van der Waals surface area contributed by atoms with Gasteiger partial charge in [0.05, 0.1) is 0 Å². The van der Waals surface area contributed by atoms with Crippen molar-refractivity contribution in [3.05, 3.63) is 0 Å². The molecule has 0 aromatic rings. The van der Waals surface area contributed by atoms with E-state index in [0.717, 1.165) is 6.92 Å². The van der Waals surface area contributed by atoms with E-state index in [4.69, 9.17) is 0 Å². The molecule has 0 aliphatic carbocycles. The minimum absolute atomic E-state index is 0.681. The van der Waals surface area contributed by atoms with Crippen LogP contribution in [0.1, 0.15) is 13.3 Å². The molecule has 7 heteroatoms. The zero-order valence-corrected chi connectivity index (χ0v) is 7.21. The van der Waals surface area contributed by atoms with Gasteiger partial charge in [-0.1, -0.05) is 6.92 Å². The highest BCUT2D eigenvalue weighted by Gasteiger charge is 2.63. The first-order chi connectivity index (χ1) is 6.20. The van der Waals surface area contributed by atoms with Crippen molar-refractivity contribution in [1.82, 2.24) is 0 Å². The second-order valence-electron chi connectivity index (χ2n) is 2.79. The summed E-state index contributed by atoms with van der Waals surface area (Å²) in [6.07, 6.45) is -7.11. The number of halogens is 7. The Bertz CT molecular complexity index is 179. The molecule has 2 atom stereocenters. The van der Waals surface area contributed by atoms with Gasteiger partial charge in [0, 0.05) is 0 Å². The largest absolute Gasteiger partial charge is 0.346 e. The van der Waals surface area contributed by atoms with Crippen LogP contribution >= 0.6 is 0 Å². The van der Waals surface area contributed by atoms with Crippen LogP contribution in [0.5, 0.6) is 0 Å². The molecule has 0 N–H and O–H groups in total. The second-order valence-corrected chi connectivity index (χ2v) is 2.79. The van der Waals surface area contributed by atoms with Crippen molar-refractivity contribution >= 4 is 0 Å². The third kappa shape index (κ3) is 2.30. The summed E-state index contributed by atoms with van der Waals surface area (Å²) >= 11 is 0. The van der Waals surface area contributed by atoms with Gasteiger partial charge in [-0.25, -0.2) is 13.2 Å². The average Bonchev–Trinajstić information content (AvgIpc) is 2.14. The maximum Gasteiger partial charge on any atom is 0.346 e. The highest BCUT2D eigenvalue weighted by atomic mass is 19.3. The third-order valence-corrected chi connectivity index (χ3v) is 1.71. The van der Waals surface area contributed by atoms with Gasteiger partial charge in [-0.3, -0.25) is 0 Å². The molecule has 1 unspecified atom stereocenters. The minimum Gasteiger partial charge on any atom is -0.244 e. The van der Waals surface area contributed by atoms with E-state index < -0.39 is 37.3 Å². The van der Waals surface area contributed by atoms with E-state index in [2.05, 4.69) is 0 Å². The van der Waals surface area contributed by atoms with Crippen LogP contribution in [-0.4, -0.2) is 30.9 Å². The normalized spacial score (nSPS) is 18.0. The van der Waals surface area contributed by atoms with Crippen molar-refractivity contribution in [3.63, 3.8) is 0 Å². The van der Waals surface area contributed by atoms with Crippen LogP contribution in [0.25, 0.3) is 0 Å². The zero-order chi connectivity index (χ0) is 11.6. The van der Waals surface area contributed by atoms with Crippen LogP contribution in [-0.2, 0) is 0 Å². The summed E-state index contributed by atoms with van der Waals surface area (Å²) in [6, 6.07) is 0. The standard InChI is InChI=1S/C7H9F7/c1-2-4(9)5(10)7(13,14)6(11,12)3-8/h4-5H,2-3H2,1H3/t4?,5-/m0/s1. The van der Waals surface area contributed by atoms with Crippen molar-refractivity contribution in [2.45, 2.75) is 37.5 Å². The van der Waals surface area contributed by atoms with Gasteiger partial charge in [0.25, 0.3) is 0 Å². The fourth-order valence-electron chi connectivity index (χ4n) is 0.725. The van der Waals surface area contributed by atoms with Gasteiger partial charge in [0.1, 0.15) is 6.17 Å². The van der Waals surface area contributed by atoms with Crippen LogP contribution in [0.2, 0.25) is 0 Å². The lowest BCUT2D eigenvalue weighted by Crippen LogP contribution is -2.52. The molecule has 14 heavy (non-hydrogen) atoms. The molecule has 86 valence electrons. The van der Waals surface area contributed by atoms with Crippen LogP contribution in [0, 0.1) is 0 Å². The number of rotatable bonds is 5. The molecule has 0 saturated heterocycles. The topological polar surface area (TPSA) is 0 Å². The Kier molecular flexibility index (Phi) is 4.20. The van der Waals surface area contributed by atoms with E-state index in [1.165, 1.54) is 0 Å². The van der Waals surface area contributed by atoms with Crippen LogP contribution < -0.4 is 0 Å². The highest BCUT2D eigenvalue weighted by Crippen LogP contribution is 2.40. The molecule has 0 amide bonds. The van der Waals surface area contributed by atoms with Crippen molar-refractivity contribution < 1.29 is 30.7 Å². The van der Waals surface area contributed by atoms with Crippen LogP contribution in [0.15, 0.2) is 0 Å². The Balaban J connectivity index is 4.76. The van der Waals surface area contributed by atoms with E-state index in [1.807, 2.05) is 0 Å². The molecule has 0 aromatic carbocycles. The summed E-state index contributed by atoms with van der Waals surface area (Å²) in [5, 5.41) is 0. The first-order valence-electron chi connectivity index (χ1n) is 3.80. The van der Waals surface area contributed by atoms with Gasteiger partial charge in [-0.15, -0.1) is 0 Å². The molecule has 0 spiro atoms. The fraction of sp³-hybridized carbons (Fsp3) is 1.00. The molecular weight excluding hydrogens is 217 g/mol. The zero-order valence-electron chi connectivity index (χ0n) is 7.21.